The van der Waals surface area contributed by atoms with E-state index in [0.29, 0.717) is 22.4 Å². The number of thioether (sulfide) groups is 1. The molecular weight excluding hydrogens is 526 g/mol. The van der Waals surface area contributed by atoms with Crippen LogP contribution >= 0.6 is 24.0 Å². The Labute approximate surface area is 237 Å². The van der Waals surface area contributed by atoms with Crippen LogP contribution < -0.4 is 4.74 Å². The average Bonchev–Trinajstić information content (AvgIpc) is 3.71. The molecule has 0 spiro atoms. The number of nitrogens with zero attached hydrogens (tertiary/aromatic N) is 3. The van der Waals surface area contributed by atoms with E-state index in [1.54, 1.807) is 4.90 Å². The highest BCUT2D eigenvalue weighted by Gasteiger charge is 2.35. The molecule has 196 valence electrons. The molecule has 0 aliphatic carbocycles. The van der Waals surface area contributed by atoms with E-state index in [-0.39, 0.29) is 12.0 Å². The Bertz CT molecular complexity index is 1510. The molecule has 2 aliphatic heterocycles. The Morgan fingerprint density at radius 2 is 1.85 bits per heavy atom. The largest absolute Gasteiger partial charge is 0.489 e. The predicted molar refractivity (Wildman–Crippen MR) is 159 cm³/mol. The van der Waals surface area contributed by atoms with Crippen molar-refractivity contribution in [3.8, 4) is 22.7 Å². The normalized spacial score (nSPS) is 18.3. The first kappa shape index (κ1) is 25.6. The third-order valence-electron chi connectivity index (χ3n) is 6.69. The molecule has 0 saturated carbocycles. The minimum atomic E-state index is -0.0844. The number of thiocarbonyl (C=S) groups is 1. The van der Waals surface area contributed by atoms with E-state index in [9.17, 15) is 4.79 Å². The summed E-state index contributed by atoms with van der Waals surface area (Å²) in [5, 5.41) is 4.93. The van der Waals surface area contributed by atoms with E-state index < -0.39 is 0 Å². The molecular formula is C31H27N3O3S2. The number of benzene rings is 3. The number of hydrogen-bond acceptors (Lipinski definition) is 6. The van der Waals surface area contributed by atoms with Crippen LogP contribution in [-0.4, -0.2) is 44.2 Å². The maximum atomic E-state index is 13.4. The zero-order valence-electron chi connectivity index (χ0n) is 21.2. The SMILES string of the molecule is O=C1C(=Cc2cn(-c3ccccc3)nc2-c2cccc(OCc3ccccc3)c2)SC(=S)N1CC1CCCO1. The molecule has 8 heteroatoms. The minimum absolute atomic E-state index is 0.0434. The van der Waals surface area contributed by atoms with Gasteiger partial charge in [0, 0.05) is 23.9 Å². The number of carbonyl (C=O) groups is 1. The lowest BCUT2D eigenvalue weighted by molar-refractivity contribution is -0.123. The lowest BCUT2D eigenvalue weighted by Crippen LogP contribution is -2.35. The molecule has 2 fully saturated rings. The van der Waals surface area contributed by atoms with Gasteiger partial charge in [0.15, 0.2) is 0 Å². The zero-order valence-corrected chi connectivity index (χ0v) is 22.9. The molecule has 0 N–H and O–H groups in total. The predicted octanol–water partition coefficient (Wildman–Crippen LogP) is 6.50. The van der Waals surface area contributed by atoms with Gasteiger partial charge < -0.3 is 9.47 Å². The fourth-order valence-electron chi connectivity index (χ4n) is 4.69. The molecule has 2 aliphatic rings. The summed E-state index contributed by atoms with van der Waals surface area (Å²) in [4.78, 5) is 15.6. The molecule has 3 aromatic carbocycles. The molecule has 0 bridgehead atoms. The second-order valence-electron chi connectivity index (χ2n) is 9.44. The van der Waals surface area contributed by atoms with Gasteiger partial charge in [0.2, 0.25) is 0 Å². The van der Waals surface area contributed by atoms with Gasteiger partial charge in [0.25, 0.3) is 5.91 Å². The number of hydrogen-bond donors (Lipinski definition) is 0. The highest BCUT2D eigenvalue weighted by Crippen LogP contribution is 2.36. The molecule has 4 aromatic rings. The molecule has 1 atom stereocenters. The van der Waals surface area contributed by atoms with Gasteiger partial charge in [-0.15, -0.1) is 0 Å². The van der Waals surface area contributed by atoms with Crippen LogP contribution in [0.1, 0.15) is 24.0 Å². The van der Waals surface area contributed by atoms with Gasteiger partial charge in [0.05, 0.1) is 23.2 Å². The van der Waals surface area contributed by atoms with Gasteiger partial charge >= 0.3 is 0 Å². The summed E-state index contributed by atoms with van der Waals surface area (Å²) in [5.41, 5.74) is 4.52. The first-order chi connectivity index (χ1) is 19.1. The van der Waals surface area contributed by atoms with Crippen LogP contribution in [0.5, 0.6) is 5.75 Å². The number of carbonyl (C=O) groups excluding carboxylic acids is 1. The first-order valence-corrected chi connectivity index (χ1v) is 14.2. The van der Waals surface area contributed by atoms with E-state index in [2.05, 4.69) is 0 Å². The van der Waals surface area contributed by atoms with Crippen LogP contribution in [0.25, 0.3) is 23.0 Å². The van der Waals surface area contributed by atoms with Gasteiger partial charge in [-0.2, -0.15) is 5.10 Å². The van der Waals surface area contributed by atoms with Crippen molar-refractivity contribution in [2.24, 2.45) is 0 Å². The molecule has 6 rings (SSSR count). The highest BCUT2D eigenvalue weighted by molar-refractivity contribution is 8.26. The summed E-state index contributed by atoms with van der Waals surface area (Å²) in [6.07, 6.45) is 5.86. The summed E-state index contributed by atoms with van der Waals surface area (Å²) >= 11 is 6.90. The third kappa shape index (κ3) is 5.83. The Balaban J connectivity index is 1.32. The average molecular weight is 554 g/mol. The molecule has 39 heavy (non-hydrogen) atoms. The van der Waals surface area contributed by atoms with Crippen molar-refractivity contribution in [2.45, 2.75) is 25.6 Å². The maximum Gasteiger partial charge on any atom is 0.266 e. The molecule has 1 unspecified atom stereocenters. The van der Waals surface area contributed by atoms with Crippen molar-refractivity contribution in [2.75, 3.05) is 13.2 Å². The number of amides is 1. The van der Waals surface area contributed by atoms with E-state index in [0.717, 1.165) is 53.3 Å². The van der Waals surface area contributed by atoms with Crippen molar-refractivity contribution in [1.29, 1.82) is 0 Å². The van der Waals surface area contributed by atoms with Crippen LogP contribution in [0.4, 0.5) is 0 Å². The zero-order chi connectivity index (χ0) is 26.6. The Kier molecular flexibility index (Phi) is 7.58. The fourth-order valence-corrected chi connectivity index (χ4v) is 5.96. The van der Waals surface area contributed by atoms with Crippen molar-refractivity contribution < 1.29 is 14.3 Å². The van der Waals surface area contributed by atoms with E-state index in [1.807, 2.05) is 102 Å². The standard InChI is InChI=1S/C31H27N3O3S2/c35-30-28(39-31(38)33(30)20-27-15-8-16-36-27)18-24-19-34(25-12-5-2-6-13-25)32-29(24)23-11-7-14-26(17-23)37-21-22-9-3-1-4-10-22/h1-7,9-14,17-19,27H,8,15-16,20-21H2. The van der Waals surface area contributed by atoms with Gasteiger partial charge in [0.1, 0.15) is 22.4 Å². The molecule has 3 heterocycles. The Morgan fingerprint density at radius 1 is 1.05 bits per heavy atom. The highest BCUT2D eigenvalue weighted by atomic mass is 32.2. The van der Waals surface area contributed by atoms with Crippen LogP contribution in [0.2, 0.25) is 0 Å². The van der Waals surface area contributed by atoms with Crippen molar-refractivity contribution in [1.82, 2.24) is 14.7 Å². The van der Waals surface area contributed by atoms with E-state index >= 15 is 0 Å². The van der Waals surface area contributed by atoms with Crippen molar-refractivity contribution >= 4 is 40.3 Å². The molecule has 1 aromatic heterocycles. The summed E-state index contributed by atoms with van der Waals surface area (Å²) < 4.78 is 14.2. The van der Waals surface area contributed by atoms with Gasteiger partial charge in [-0.05, 0) is 48.7 Å². The minimum Gasteiger partial charge on any atom is -0.489 e. The molecule has 6 nitrogen and oxygen atoms in total. The summed E-state index contributed by atoms with van der Waals surface area (Å²) in [5.74, 6) is 0.665. The van der Waals surface area contributed by atoms with Crippen molar-refractivity contribution in [3.63, 3.8) is 0 Å². The smallest absolute Gasteiger partial charge is 0.266 e. The third-order valence-corrected chi connectivity index (χ3v) is 8.07. The lowest BCUT2D eigenvalue weighted by Gasteiger charge is -2.18. The molecule has 0 radical (unpaired) electrons. The second-order valence-corrected chi connectivity index (χ2v) is 11.1. The number of ether oxygens (including phenoxy) is 2. The first-order valence-electron chi connectivity index (χ1n) is 12.9. The molecule has 1 amide bonds. The quantitative estimate of drug-likeness (QED) is 0.183. The van der Waals surface area contributed by atoms with E-state index in [1.165, 1.54) is 11.8 Å². The number of aromatic nitrogens is 2. The second kappa shape index (κ2) is 11.6. The maximum absolute atomic E-state index is 13.4. The Morgan fingerprint density at radius 3 is 2.62 bits per heavy atom. The van der Waals surface area contributed by atoms with Gasteiger partial charge in [-0.3, -0.25) is 9.69 Å². The van der Waals surface area contributed by atoms with Gasteiger partial charge in [-0.25, -0.2) is 4.68 Å². The topological polar surface area (TPSA) is 56.6 Å². The Hall–Kier alpha value is -3.72. The monoisotopic (exact) mass is 553 g/mol. The van der Waals surface area contributed by atoms with Crippen molar-refractivity contribution in [3.05, 3.63) is 107 Å². The van der Waals surface area contributed by atoms with Gasteiger partial charge in [-0.1, -0.05) is 84.6 Å². The van der Waals surface area contributed by atoms with Crippen LogP contribution in [0.15, 0.2) is 96.0 Å². The summed E-state index contributed by atoms with van der Waals surface area (Å²) in [6.45, 7) is 1.72. The van der Waals surface area contributed by atoms with Crippen LogP contribution in [0.3, 0.4) is 0 Å². The molecule has 2 saturated heterocycles. The van der Waals surface area contributed by atoms with E-state index in [4.69, 9.17) is 26.8 Å². The van der Waals surface area contributed by atoms with Crippen LogP contribution in [-0.2, 0) is 16.1 Å². The lowest BCUT2D eigenvalue weighted by atomic mass is 10.1. The number of rotatable bonds is 8. The summed E-state index contributed by atoms with van der Waals surface area (Å²) in [7, 11) is 0. The summed E-state index contributed by atoms with van der Waals surface area (Å²) in [6, 6.07) is 27.9. The van der Waals surface area contributed by atoms with Crippen LogP contribution in [0, 0.1) is 0 Å². The number of para-hydroxylation sites is 1. The fraction of sp³-hybridized carbons (Fsp3) is 0.194.